The highest BCUT2D eigenvalue weighted by Crippen LogP contribution is 2.28. The summed E-state index contributed by atoms with van der Waals surface area (Å²) in [5.74, 6) is -0.632. The molecule has 1 saturated heterocycles. The topological polar surface area (TPSA) is 124 Å². The van der Waals surface area contributed by atoms with Crippen molar-refractivity contribution in [2.45, 2.75) is 31.8 Å². The van der Waals surface area contributed by atoms with Gasteiger partial charge in [-0.2, -0.15) is 0 Å². The fourth-order valence-corrected chi connectivity index (χ4v) is 3.25. The number of ether oxygens (including phenoxy) is 2. The van der Waals surface area contributed by atoms with E-state index in [4.69, 9.17) is 9.47 Å². The van der Waals surface area contributed by atoms with Gasteiger partial charge >= 0.3 is 11.7 Å². The summed E-state index contributed by atoms with van der Waals surface area (Å²) < 4.78 is 12.2. The Balaban J connectivity index is 1.43. The molecular weight excluding hydrogens is 378 g/mol. The van der Waals surface area contributed by atoms with Crippen molar-refractivity contribution in [2.75, 3.05) is 6.61 Å². The van der Waals surface area contributed by atoms with Crippen LogP contribution in [-0.4, -0.2) is 44.4 Å². The number of aromatic amines is 1. The van der Waals surface area contributed by atoms with Crippen LogP contribution in [0.25, 0.3) is 10.9 Å². The molecule has 3 atom stereocenters. The molecule has 1 fully saturated rings. The van der Waals surface area contributed by atoms with Gasteiger partial charge in [-0.1, -0.05) is 24.3 Å². The number of benzene rings is 1. The number of fused-ring (bicyclic) bond motifs is 1. The highest BCUT2D eigenvalue weighted by atomic mass is 16.6. The molecule has 150 valence electrons. The molecule has 0 unspecified atom stereocenters. The summed E-state index contributed by atoms with van der Waals surface area (Å²) in [5, 5.41) is 11.1. The molecule has 3 heterocycles. The number of rotatable bonds is 4. The third-order valence-corrected chi connectivity index (χ3v) is 4.85. The van der Waals surface area contributed by atoms with Gasteiger partial charge in [-0.3, -0.25) is 14.3 Å². The number of pyridine rings is 1. The predicted molar refractivity (Wildman–Crippen MR) is 103 cm³/mol. The molecule has 0 radical (unpaired) electrons. The molecule has 0 bridgehead atoms. The van der Waals surface area contributed by atoms with Gasteiger partial charge in [-0.05, 0) is 19.1 Å². The van der Waals surface area contributed by atoms with Gasteiger partial charge < -0.3 is 14.6 Å². The third kappa shape index (κ3) is 3.82. The van der Waals surface area contributed by atoms with Crippen LogP contribution in [0.3, 0.4) is 0 Å². The Morgan fingerprint density at radius 2 is 2.10 bits per heavy atom. The smallest absolute Gasteiger partial charge is 0.357 e. The number of aliphatic hydroxyl groups is 1. The van der Waals surface area contributed by atoms with Gasteiger partial charge in [0.05, 0.1) is 11.6 Å². The third-order valence-electron chi connectivity index (χ3n) is 4.85. The van der Waals surface area contributed by atoms with E-state index in [1.807, 2.05) is 18.2 Å². The summed E-state index contributed by atoms with van der Waals surface area (Å²) >= 11 is 0. The van der Waals surface area contributed by atoms with Gasteiger partial charge in [0.15, 0.2) is 0 Å². The van der Waals surface area contributed by atoms with Crippen molar-refractivity contribution in [1.82, 2.24) is 14.5 Å². The molecule has 0 saturated carbocycles. The summed E-state index contributed by atoms with van der Waals surface area (Å²) in [7, 11) is 0. The van der Waals surface area contributed by atoms with Crippen molar-refractivity contribution >= 4 is 16.9 Å². The van der Waals surface area contributed by atoms with Gasteiger partial charge in [0.2, 0.25) is 0 Å². The van der Waals surface area contributed by atoms with Gasteiger partial charge in [0, 0.05) is 23.6 Å². The molecule has 2 N–H and O–H groups in total. The van der Waals surface area contributed by atoms with Gasteiger partial charge in [0.25, 0.3) is 5.56 Å². The lowest BCUT2D eigenvalue weighted by molar-refractivity contribution is -0.0533. The van der Waals surface area contributed by atoms with E-state index in [9.17, 15) is 19.5 Å². The van der Waals surface area contributed by atoms with Crippen molar-refractivity contribution in [3.05, 3.63) is 74.7 Å². The minimum absolute atomic E-state index is 0.127. The van der Waals surface area contributed by atoms with Crippen molar-refractivity contribution in [2.24, 2.45) is 0 Å². The fraction of sp³-hybridized carbons (Fsp3) is 0.300. The molecule has 1 aliphatic heterocycles. The first-order valence-electron chi connectivity index (χ1n) is 9.11. The fourth-order valence-electron chi connectivity index (χ4n) is 3.25. The Kier molecular flexibility index (Phi) is 4.99. The Morgan fingerprint density at radius 3 is 2.93 bits per heavy atom. The molecule has 0 amide bonds. The summed E-state index contributed by atoms with van der Waals surface area (Å²) in [6.07, 6.45) is -0.996. The summed E-state index contributed by atoms with van der Waals surface area (Å²) in [5.41, 5.74) is 0.0705. The molecule has 2 aromatic heterocycles. The second-order valence-corrected chi connectivity index (χ2v) is 6.90. The van der Waals surface area contributed by atoms with Crippen LogP contribution in [0.1, 0.15) is 28.7 Å². The van der Waals surface area contributed by atoms with Crippen LogP contribution >= 0.6 is 0 Å². The zero-order valence-corrected chi connectivity index (χ0v) is 15.6. The van der Waals surface area contributed by atoms with Crippen molar-refractivity contribution < 1.29 is 19.4 Å². The molecular formula is C20H19N3O6. The number of carbonyl (C=O) groups excluding carboxylic acids is 1. The summed E-state index contributed by atoms with van der Waals surface area (Å²) in [4.78, 5) is 42.3. The summed E-state index contributed by atoms with van der Waals surface area (Å²) in [6.45, 7) is 1.37. The number of nitrogens with one attached hydrogen (secondary N) is 1. The van der Waals surface area contributed by atoms with Gasteiger partial charge in [0.1, 0.15) is 24.6 Å². The van der Waals surface area contributed by atoms with Gasteiger partial charge in [-0.15, -0.1) is 0 Å². The maximum absolute atomic E-state index is 12.3. The number of para-hydroxylation sites is 1. The Bertz CT molecular complexity index is 1180. The number of hydrogen-bond acceptors (Lipinski definition) is 7. The van der Waals surface area contributed by atoms with Crippen LogP contribution in [0.5, 0.6) is 0 Å². The highest BCUT2D eigenvalue weighted by molar-refractivity contribution is 5.91. The first kappa shape index (κ1) is 19.0. The van der Waals surface area contributed by atoms with Crippen LogP contribution in [0.4, 0.5) is 0 Å². The van der Waals surface area contributed by atoms with E-state index >= 15 is 0 Å². The first-order chi connectivity index (χ1) is 13.9. The van der Waals surface area contributed by atoms with Crippen LogP contribution < -0.4 is 11.2 Å². The van der Waals surface area contributed by atoms with Crippen LogP contribution in [0.15, 0.2) is 52.2 Å². The molecule has 9 heteroatoms. The average molecular weight is 397 g/mol. The lowest BCUT2D eigenvalue weighted by Crippen LogP contribution is -2.33. The highest BCUT2D eigenvalue weighted by Gasteiger charge is 2.36. The van der Waals surface area contributed by atoms with E-state index in [1.165, 1.54) is 10.8 Å². The molecule has 3 aromatic rings. The minimum atomic E-state index is -0.934. The molecule has 9 nitrogen and oxygen atoms in total. The van der Waals surface area contributed by atoms with E-state index in [1.54, 1.807) is 25.1 Å². The number of nitrogens with zero attached hydrogens (tertiary/aromatic N) is 2. The van der Waals surface area contributed by atoms with Crippen molar-refractivity contribution in [1.29, 1.82) is 0 Å². The monoisotopic (exact) mass is 397 g/mol. The largest absolute Gasteiger partial charge is 0.458 e. The second-order valence-electron chi connectivity index (χ2n) is 6.90. The van der Waals surface area contributed by atoms with E-state index in [0.717, 1.165) is 5.39 Å². The van der Waals surface area contributed by atoms with E-state index in [2.05, 4.69) is 9.97 Å². The maximum Gasteiger partial charge on any atom is 0.357 e. The lowest BCUT2D eigenvalue weighted by atomic mass is 10.2. The number of carbonyl (C=O) groups is 1. The molecule has 4 rings (SSSR count). The number of aliphatic hydroxyl groups excluding tert-OH is 1. The Labute approximate surface area is 164 Å². The number of hydrogen-bond donors (Lipinski definition) is 2. The number of esters is 1. The zero-order valence-electron chi connectivity index (χ0n) is 15.6. The lowest BCUT2D eigenvalue weighted by Gasteiger charge is -2.16. The predicted octanol–water partition coefficient (Wildman–Crippen LogP) is 0.899. The maximum atomic E-state index is 12.3. The van der Waals surface area contributed by atoms with Crippen LogP contribution in [-0.2, 0) is 9.47 Å². The number of H-pyrrole nitrogens is 1. The Hall–Kier alpha value is -3.30. The summed E-state index contributed by atoms with van der Waals surface area (Å²) in [6, 6.07) is 10.7. The van der Waals surface area contributed by atoms with E-state index in [0.29, 0.717) is 11.1 Å². The zero-order chi connectivity index (χ0) is 20.5. The molecule has 0 aliphatic carbocycles. The molecule has 1 aromatic carbocycles. The first-order valence-corrected chi connectivity index (χ1v) is 9.11. The number of aromatic nitrogens is 3. The molecule has 0 spiro atoms. The van der Waals surface area contributed by atoms with Crippen LogP contribution in [0, 0.1) is 6.92 Å². The quantitative estimate of drug-likeness (QED) is 0.627. The normalized spacial score (nSPS) is 21.4. The van der Waals surface area contributed by atoms with Crippen molar-refractivity contribution in [3.63, 3.8) is 0 Å². The SMILES string of the molecule is Cc1cn([C@H]2C[C@H](O)[C@@H](COC(=O)c3ccc4ccccc4n3)O2)c(=O)[nH]c1=O. The van der Waals surface area contributed by atoms with Crippen molar-refractivity contribution in [3.8, 4) is 0 Å². The minimum Gasteiger partial charge on any atom is -0.458 e. The second kappa shape index (κ2) is 7.61. The molecule has 1 aliphatic rings. The van der Waals surface area contributed by atoms with Crippen LogP contribution in [0.2, 0.25) is 0 Å². The number of aryl methyl sites for hydroxylation is 1. The van der Waals surface area contributed by atoms with E-state index < -0.39 is 35.7 Å². The standard InChI is InChI=1S/C20H19N3O6/c1-11-9-23(20(27)22-18(11)25)17-8-15(24)16(29-17)10-28-19(26)14-7-6-12-4-2-3-5-13(12)21-14/h2-7,9,15-17,24H,8,10H2,1H3,(H,22,25,27)/t15-,16+,17+/m0/s1. The van der Waals surface area contributed by atoms with E-state index in [-0.39, 0.29) is 18.7 Å². The van der Waals surface area contributed by atoms with Gasteiger partial charge in [-0.25, -0.2) is 14.6 Å². The molecule has 29 heavy (non-hydrogen) atoms. The Morgan fingerprint density at radius 1 is 1.31 bits per heavy atom. The average Bonchev–Trinajstić information content (AvgIpc) is 3.08.